The molecule has 1 unspecified atom stereocenters. The maximum atomic E-state index is 13.2. The van der Waals surface area contributed by atoms with E-state index in [-0.39, 0.29) is 24.1 Å². The van der Waals surface area contributed by atoms with E-state index in [0.29, 0.717) is 27.8 Å². The van der Waals surface area contributed by atoms with Crippen LogP contribution < -0.4 is 10.5 Å². The van der Waals surface area contributed by atoms with E-state index < -0.39 is 0 Å². The molecule has 0 aromatic carbocycles. The molecule has 3 aromatic rings. The van der Waals surface area contributed by atoms with Crippen LogP contribution in [0.1, 0.15) is 75.4 Å². The number of fused-ring (bicyclic) bond motifs is 1. The third-order valence-electron chi connectivity index (χ3n) is 7.98. The topological polar surface area (TPSA) is 82.5 Å². The van der Waals surface area contributed by atoms with E-state index in [0.717, 1.165) is 31.6 Å². The molecule has 0 amide bonds. The summed E-state index contributed by atoms with van der Waals surface area (Å²) in [5.41, 5.74) is 4.58. The van der Waals surface area contributed by atoms with Crippen LogP contribution in [0.25, 0.3) is 5.65 Å². The first-order valence-electron chi connectivity index (χ1n) is 13.0. The number of piperazine rings is 1. The van der Waals surface area contributed by atoms with Gasteiger partial charge in [0, 0.05) is 56.1 Å². The Bertz CT molecular complexity index is 1350. The third kappa shape index (κ3) is 4.35. The van der Waals surface area contributed by atoms with Gasteiger partial charge >= 0.3 is 0 Å². The summed E-state index contributed by atoms with van der Waals surface area (Å²) in [6.45, 7) is 8.42. The van der Waals surface area contributed by atoms with Crippen molar-refractivity contribution in [1.29, 1.82) is 5.26 Å². The van der Waals surface area contributed by atoms with Gasteiger partial charge in [0.2, 0.25) is 0 Å². The number of rotatable bonds is 7. The van der Waals surface area contributed by atoms with Crippen molar-refractivity contribution in [1.82, 2.24) is 24.1 Å². The molecule has 36 heavy (non-hydrogen) atoms. The first-order chi connectivity index (χ1) is 17.4. The molecule has 9 heteroatoms. The SMILES string of the molecule is CC[C@H]1CN(C(C)c2ccc(C3CC3)nc2)[C@H](CC)CN1c1c(Br)c(=O)n(C)n2cc(CC#N)nc12. The number of aryl methyl sites for hydroxylation is 1. The fraction of sp³-hybridized carbons (Fsp3) is 0.556. The normalized spacial score (nSPS) is 21.6. The van der Waals surface area contributed by atoms with Gasteiger partial charge in [-0.2, -0.15) is 5.26 Å². The number of anilines is 1. The van der Waals surface area contributed by atoms with E-state index >= 15 is 0 Å². The van der Waals surface area contributed by atoms with Gasteiger partial charge in [-0.25, -0.2) is 14.2 Å². The van der Waals surface area contributed by atoms with Crippen LogP contribution in [0.3, 0.4) is 0 Å². The highest BCUT2D eigenvalue weighted by molar-refractivity contribution is 9.10. The highest BCUT2D eigenvalue weighted by Gasteiger charge is 2.37. The van der Waals surface area contributed by atoms with Gasteiger partial charge in [0.25, 0.3) is 5.56 Å². The standard InChI is InChI=1S/C27H34BrN7O/c1-5-21-16-34(25-24(28)27(36)32(4)35-14-20(11-12-29)31-26(25)35)22(6-2)15-33(21)17(3)19-9-10-23(30-13-19)18-7-8-18/h9-10,13-14,17-18,21-22H,5-8,11,15-16H2,1-4H3/t17?,21-,22+/m1/s1. The predicted octanol–water partition coefficient (Wildman–Crippen LogP) is 4.57. The van der Waals surface area contributed by atoms with Crippen molar-refractivity contribution < 1.29 is 0 Å². The van der Waals surface area contributed by atoms with Gasteiger partial charge in [0.1, 0.15) is 10.2 Å². The van der Waals surface area contributed by atoms with Crippen molar-refractivity contribution in [2.24, 2.45) is 7.05 Å². The van der Waals surface area contributed by atoms with Gasteiger partial charge in [-0.05, 0) is 60.2 Å². The molecule has 2 aliphatic rings. The summed E-state index contributed by atoms with van der Waals surface area (Å²) in [6.07, 6.45) is 8.54. The Morgan fingerprint density at radius 1 is 1.19 bits per heavy atom. The van der Waals surface area contributed by atoms with Gasteiger partial charge in [-0.15, -0.1) is 0 Å². The number of hydrogen-bond acceptors (Lipinski definition) is 6. The van der Waals surface area contributed by atoms with Gasteiger partial charge in [-0.3, -0.25) is 14.7 Å². The molecule has 0 bridgehead atoms. The number of aromatic nitrogens is 4. The number of hydrogen-bond donors (Lipinski definition) is 0. The van der Waals surface area contributed by atoms with Crippen molar-refractivity contribution in [3.05, 3.63) is 56.3 Å². The molecule has 2 fully saturated rings. The molecule has 8 nitrogen and oxygen atoms in total. The predicted molar refractivity (Wildman–Crippen MR) is 144 cm³/mol. The van der Waals surface area contributed by atoms with Gasteiger partial charge in [0.15, 0.2) is 5.65 Å². The monoisotopic (exact) mass is 551 g/mol. The molecule has 0 N–H and O–H groups in total. The van der Waals surface area contributed by atoms with E-state index in [9.17, 15) is 10.1 Å². The van der Waals surface area contributed by atoms with Crippen LogP contribution in [-0.4, -0.2) is 49.2 Å². The summed E-state index contributed by atoms with van der Waals surface area (Å²) in [6, 6.07) is 7.44. The van der Waals surface area contributed by atoms with Crippen LogP contribution >= 0.6 is 15.9 Å². The van der Waals surface area contributed by atoms with Gasteiger partial charge in [0.05, 0.1) is 24.4 Å². The number of nitriles is 1. The molecular weight excluding hydrogens is 518 g/mol. The Hall–Kier alpha value is -2.70. The molecule has 5 rings (SSSR count). The van der Waals surface area contributed by atoms with Crippen LogP contribution in [0, 0.1) is 11.3 Å². The fourth-order valence-electron chi connectivity index (χ4n) is 5.58. The van der Waals surface area contributed by atoms with Crippen LogP contribution in [-0.2, 0) is 13.5 Å². The summed E-state index contributed by atoms with van der Waals surface area (Å²) < 4.78 is 3.86. The number of nitrogens with zero attached hydrogens (tertiary/aromatic N) is 7. The second-order valence-corrected chi connectivity index (χ2v) is 11.0. The molecule has 1 aliphatic heterocycles. The first kappa shape index (κ1) is 25.0. The molecule has 3 aromatic heterocycles. The van der Waals surface area contributed by atoms with Gasteiger partial charge in [-0.1, -0.05) is 19.9 Å². The van der Waals surface area contributed by atoms with Crippen LogP contribution in [0.2, 0.25) is 0 Å². The molecule has 4 heterocycles. The zero-order valence-corrected chi connectivity index (χ0v) is 23.1. The molecular formula is C27H34BrN7O. The van der Waals surface area contributed by atoms with Gasteiger partial charge < -0.3 is 4.90 Å². The smallest absolute Gasteiger partial charge is 0.281 e. The molecule has 1 saturated heterocycles. The number of halogens is 1. The van der Waals surface area contributed by atoms with E-state index in [1.165, 1.54) is 24.1 Å². The summed E-state index contributed by atoms with van der Waals surface area (Å²) >= 11 is 3.62. The quantitative estimate of drug-likeness (QED) is 0.427. The Labute approximate surface area is 220 Å². The van der Waals surface area contributed by atoms with Crippen molar-refractivity contribution >= 4 is 27.3 Å². The fourth-order valence-corrected chi connectivity index (χ4v) is 6.24. The Morgan fingerprint density at radius 2 is 1.94 bits per heavy atom. The van der Waals surface area contributed by atoms with E-state index in [4.69, 9.17) is 9.97 Å². The Balaban J connectivity index is 1.50. The lowest BCUT2D eigenvalue weighted by Crippen LogP contribution is -2.59. The third-order valence-corrected chi connectivity index (χ3v) is 8.69. The summed E-state index contributed by atoms with van der Waals surface area (Å²) in [5.74, 6) is 0.663. The van der Waals surface area contributed by atoms with E-state index in [2.05, 4.69) is 70.9 Å². The lowest BCUT2D eigenvalue weighted by Gasteiger charge is -2.49. The minimum atomic E-state index is -0.112. The van der Waals surface area contributed by atoms with Crippen molar-refractivity contribution in [2.75, 3.05) is 18.0 Å². The zero-order valence-electron chi connectivity index (χ0n) is 21.5. The minimum absolute atomic E-state index is 0.112. The average molecular weight is 553 g/mol. The van der Waals surface area contributed by atoms with Crippen molar-refractivity contribution in [2.45, 2.75) is 76.9 Å². The van der Waals surface area contributed by atoms with E-state index in [1.54, 1.807) is 22.4 Å². The molecule has 1 saturated carbocycles. The average Bonchev–Trinajstić information content (AvgIpc) is 3.67. The van der Waals surface area contributed by atoms with E-state index in [1.807, 2.05) is 0 Å². The Morgan fingerprint density at radius 3 is 2.56 bits per heavy atom. The summed E-state index contributed by atoms with van der Waals surface area (Å²) in [5, 5.41) is 9.21. The summed E-state index contributed by atoms with van der Waals surface area (Å²) in [7, 11) is 1.73. The van der Waals surface area contributed by atoms with Crippen LogP contribution in [0.15, 0.2) is 33.8 Å². The minimum Gasteiger partial charge on any atom is -0.362 e. The molecule has 3 atom stereocenters. The van der Waals surface area contributed by atoms with Crippen molar-refractivity contribution in [3.63, 3.8) is 0 Å². The number of pyridine rings is 1. The Kier molecular flexibility index (Phi) is 6.92. The molecule has 0 radical (unpaired) electrons. The second-order valence-electron chi connectivity index (χ2n) is 10.2. The lowest BCUT2D eigenvalue weighted by atomic mass is 9.97. The van der Waals surface area contributed by atoms with Crippen LogP contribution in [0.5, 0.6) is 0 Å². The molecule has 0 spiro atoms. The molecule has 190 valence electrons. The highest BCUT2D eigenvalue weighted by atomic mass is 79.9. The number of imidazole rings is 1. The highest BCUT2D eigenvalue weighted by Crippen LogP contribution is 2.40. The maximum Gasteiger partial charge on any atom is 0.281 e. The van der Waals surface area contributed by atoms with Crippen LogP contribution in [0.4, 0.5) is 5.69 Å². The van der Waals surface area contributed by atoms with Crippen molar-refractivity contribution in [3.8, 4) is 6.07 Å². The first-order valence-corrected chi connectivity index (χ1v) is 13.8. The molecule has 1 aliphatic carbocycles. The second kappa shape index (κ2) is 9.98. The lowest BCUT2D eigenvalue weighted by molar-refractivity contribution is 0.101. The summed E-state index contributed by atoms with van der Waals surface area (Å²) in [4.78, 5) is 27.7. The largest absolute Gasteiger partial charge is 0.362 e. The zero-order chi connectivity index (χ0) is 25.6. The maximum absolute atomic E-state index is 13.2.